The summed E-state index contributed by atoms with van der Waals surface area (Å²) in [5, 5.41) is 9.65. The second-order valence-corrected chi connectivity index (χ2v) is 16.7. The van der Waals surface area contributed by atoms with Gasteiger partial charge in [0.1, 0.15) is 11.2 Å². The fourth-order valence-corrected chi connectivity index (χ4v) is 10.7. The molecule has 0 unspecified atom stereocenters. The summed E-state index contributed by atoms with van der Waals surface area (Å²) >= 11 is 1.86. The van der Waals surface area contributed by atoms with Crippen molar-refractivity contribution in [1.29, 1.82) is 0 Å². The predicted octanol–water partition coefficient (Wildman–Crippen LogP) is 15.7. The molecule has 1 aliphatic rings. The van der Waals surface area contributed by atoms with Gasteiger partial charge in [-0.05, 0) is 97.9 Å². The minimum Gasteiger partial charge on any atom is -0.455 e. The number of thiophene rings is 1. The van der Waals surface area contributed by atoms with E-state index in [1.54, 1.807) is 0 Å². The first-order chi connectivity index (χ1) is 27.5. The summed E-state index contributed by atoms with van der Waals surface area (Å²) in [5.74, 6) is 0. The summed E-state index contributed by atoms with van der Waals surface area (Å²) in [7, 11) is 0. The van der Waals surface area contributed by atoms with Crippen LogP contribution in [0.25, 0.3) is 85.9 Å². The molecule has 0 atom stereocenters. The highest BCUT2D eigenvalue weighted by atomic mass is 32.1. The van der Waals surface area contributed by atoms with E-state index in [9.17, 15) is 0 Å². The summed E-state index contributed by atoms with van der Waals surface area (Å²) in [6.07, 6.45) is 0. The number of rotatable bonds is 4. The number of benzene rings is 9. The van der Waals surface area contributed by atoms with Crippen molar-refractivity contribution < 1.29 is 4.42 Å². The van der Waals surface area contributed by atoms with E-state index in [2.05, 4.69) is 195 Å². The van der Waals surface area contributed by atoms with Gasteiger partial charge >= 0.3 is 0 Å². The van der Waals surface area contributed by atoms with Gasteiger partial charge in [-0.2, -0.15) is 0 Å². The van der Waals surface area contributed by atoms with E-state index in [1.165, 1.54) is 64.0 Å². The summed E-state index contributed by atoms with van der Waals surface area (Å²) in [4.78, 5) is 2.45. The lowest BCUT2D eigenvalue weighted by Crippen LogP contribution is -2.16. The van der Waals surface area contributed by atoms with Crippen molar-refractivity contribution in [2.45, 2.75) is 19.3 Å². The predicted molar refractivity (Wildman–Crippen MR) is 239 cm³/mol. The molecule has 2 heterocycles. The fourth-order valence-electron chi connectivity index (χ4n) is 9.50. The SMILES string of the molecule is CC1(C)c2ccccc2-c2ccc(N(c3ccc4c(c3)oc3c(-c5ccc6ccccc6c5)c5ccccc5cc34)c3cccc4c3sc3ccccc34)cc21. The normalized spacial score (nSPS) is 13.3. The molecule has 56 heavy (non-hydrogen) atoms. The maximum atomic E-state index is 7.08. The smallest absolute Gasteiger partial charge is 0.143 e. The number of hydrogen-bond donors (Lipinski definition) is 0. The Bertz CT molecular complexity index is 3420. The lowest BCUT2D eigenvalue weighted by molar-refractivity contribution is 0.660. The fraction of sp³-hybridized carbons (Fsp3) is 0.0566. The second-order valence-electron chi connectivity index (χ2n) is 15.7. The van der Waals surface area contributed by atoms with Crippen LogP contribution in [-0.4, -0.2) is 0 Å². The van der Waals surface area contributed by atoms with Gasteiger partial charge in [0.2, 0.25) is 0 Å². The molecule has 0 bridgehead atoms. The number of furan rings is 1. The van der Waals surface area contributed by atoms with E-state index >= 15 is 0 Å². The lowest BCUT2D eigenvalue weighted by Gasteiger charge is -2.28. The molecule has 0 aliphatic heterocycles. The van der Waals surface area contributed by atoms with Gasteiger partial charge in [-0.3, -0.25) is 0 Å². The van der Waals surface area contributed by atoms with E-state index in [-0.39, 0.29) is 5.41 Å². The standard InChI is InChI=1S/C53H35NOS/c1-53(2)45-19-9-7-16-39(45)40-26-24-36(30-46(40)53)54(47-20-11-18-43-42-17-8-10-21-49(42)56-52(43)47)37-25-27-41-44-29-34-14-5-6-15-38(34)50(51(44)55-48(41)31-37)35-23-22-32-12-3-4-13-33(32)28-35/h3-31H,1-2H3. The zero-order valence-corrected chi connectivity index (χ0v) is 31.8. The Kier molecular flexibility index (Phi) is 6.59. The second kappa shape index (κ2) is 11.7. The van der Waals surface area contributed by atoms with E-state index < -0.39 is 0 Å². The number of anilines is 3. The lowest BCUT2D eigenvalue weighted by atomic mass is 9.82. The van der Waals surface area contributed by atoms with Gasteiger partial charge in [-0.25, -0.2) is 0 Å². The Balaban J connectivity index is 1.11. The first kappa shape index (κ1) is 31.6. The molecule has 0 saturated carbocycles. The van der Waals surface area contributed by atoms with Gasteiger partial charge in [0, 0.05) is 54.7 Å². The van der Waals surface area contributed by atoms with Gasteiger partial charge in [0.15, 0.2) is 0 Å². The average Bonchev–Trinajstić information content (AvgIpc) is 3.87. The molecular weight excluding hydrogens is 699 g/mol. The molecule has 1 aliphatic carbocycles. The van der Waals surface area contributed by atoms with Crippen molar-refractivity contribution >= 4 is 92.1 Å². The number of fused-ring (bicyclic) bond motifs is 11. The Morgan fingerprint density at radius 1 is 0.482 bits per heavy atom. The molecule has 11 aromatic rings. The highest BCUT2D eigenvalue weighted by molar-refractivity contribution is 7.26. The zero-order valence-electron chi connectivity index (χ0n) is 31.0. The summed E-state index contributed by atoms with van der Waals surface area (Å²) in [5.41, 5.74) is 12.7. The first-order valence-corrected chi connectivity index (χ1v) is 20.1. The van der Waals surface area contributed by atoms with Gasteiger partial charge in [0.05, 0.1) is 10.4 Å². The van der Waals surface area contributed by atoms with Crippen molar-refractivity contribution in [3.8, 4) is 22.3 Å². The monoisotopic (exact) mass is 733 g/mol. The van der Waals surface area contributed by atoms with Gasteiger partial charge in [0.25, 0.3) is 0 Å². The van der Waals surface area contributed by atoms with Crippen molar-refractivity contribution in [2.24, 2.45) is 0 Å². The van der Waals surface area contributed by atoms with Crippen LogP contribution in [0.4, 0.5) is 17.1 Å². The van der Waals surface area contributed by atoms with Gasteiger partial charge < -0.3 is 9.32 Å². The molecular formula is C53H35NOS. The van der Waals surface area contributed by atoms with Crippen LogP contribution in [-0.2, 0) is 5.41 Å². The van der Waals surface area contributed by atoms with Crippen molar-refractivity contribution in [2.75, 3.05) is 4.90 Å². The minimum absolute atomic E-state index is 0.124. The van der Waals surface area contributed by atoms with Gasteiger partial charge in [-0.15, -0.1) is 11.3 Å². The number of nitrogens with zero attached hydrogens (tertiary/aromatic N) is 1. The van der Waals surface area contributed by atoms with Crippen molar-refractivity contribution in [3.05, 3.63) is 187 Å². The molecule has 0 radical (unpaired) electrons. The van der Waals surface area contributed by atoms with Gasteiger partial charge in [-0.1, -0.05) is 135 Å². The summed E-state index contributed by atoms with van der Waals surface area (Å²) in [6.45, 7) is 4.71. The maximum Gasteiger partial charge on any atom is 0.143 e. The summed E-state index contributed by atoms with van der Waals surface area (Å²) < 4.78 is 9.64. The Hall–Kier alpha value is -6.68. The van der Waals surface area contributed by atoms with Crippen LogP contribution in [0, 0.1) is 0 Å². The molecule has 0 fully saturated rings. The van der Waals surface area contributed by atoms with Crippen LogP contribution in [0.15, 0.2) is 180 Å². The Morgan fingerprint density at radius 2 is 1.20 bits per heavy atom. The molecule has 3 heteroatoms. The Morgan fingerprint density at radius 3 is 2.11 bits per heavy atom. The molecule has 264 valence electrons. The van der Waals surface area contributed by atoms with E-state index in [1.807, 2.05) is 11.3 Å². The molecule has 12 rings (SSSR count). The quantitative estimate of drug-likeness (QED) is 0.179. The number of hydrogen-bond acceptors (Lipinski definition) is 3. The van der Waals surface area contributed by atoms with E-state index in [0.29, 0.717) is 0 Å². The minimum atomic E-state index is -0.124. The molecule has 9 aromatic carbocycles. The average molecular weight is 734 g/mol. The molecule has 2 aromatic heterocycles. The first-order valence-electron chi connectivity index (χ1n) is 19.3. The van der Waals surface area contributed by atoms with E-state index in [4.69, 9.17) is 4.42 Å². The van der Waals surface area contributed by atoms with Crippen LogP contribution >= 0.6 is 11.3 Å². The Labute approximate surface area is 328 Å². The molecule has 2 nitrogen and oxygen atoms in total. The summed E-state index contributed by atoms with van der Waals surface area (Å²) in [6, 6.07) is 64.6. The molecule has 0 N–H and O–H groups in total. The van der Waals surface area contributed by atoms with Crippen molar-refractivity contribution in [3.63, 3.8) is 0 Å². The molecule has 0 spiro atoms. The topological polar surface area (TPSA) is 16.4 Å². The molecule has 0 amide bonds. The largest absolute Gasteiger partial charge is 0.455 e. The third-order valence-electron chi connectivity index (χ3n) is 12.2. The van der Waals surface area contributed by atoms with Crippen LogP contribution in [0.2, 0.25) is 0 Å². The third kappa shape index (κ3) is 4.49. The highest BCUT2D eigenvalue weighted by Gasteiger charge is 2.36. The van der Waals surface area contributed by atoms with Crippen LogP contribution in [0.1, 0.15) is 25.0 Å². The zero-order chi connectivity index (χ0) is 37.1. The third-order valence-corrected chi connectivity index (χ3v) is 13.4. The van der Waals surface area contributed by atoms with Crippen LogP contribution < -0.4 is 4.90 Å². The van der Waals surface area contributed by atoms with Crippen molar-refractivity contribution in [1.82, 2.24) is 0 Å². The van der Waals surface area contributed by atoms with Crippen LogP contribution in [0.5, 0.6) is 0 Å². The maximum absolute atomic E-state index is 7.08. The molecule has 0 saturated heterocycles. The highest BCUT2D eigenvalue weighted by Crippen LogP contribution is 2.52. The van der Waals surface area contributed by atoms with Crippen LogP contribution in [0.3, 0.4) is 0 Å². The van der Waals surface area contributed by atoms with E-state index in [0.717, 1.165) is 50.1 Å².